The number of hydrogen-bond acceptors (Lipinski definition) is 5. The van der Waals surface area contributed by atoms with Crippen LogP contribution in [0, 0.1) is 6.92 Å². The number of carbonyl (C=O) groups is 2. The zero-order chi connectivity index (χ0) is 15.9. The highest BCUT2D eigenvalue weighted by Crippen LogP contribution is 2.21. The lowest BCUT2D eigenvalue weighted by Gasteiger charge is -2.07. The number of ether oxygens (including phenoxy) is 1. The van der Waals surface area contributed by atoms with Crippen LogP contribution < -0.4 is 10.1 Å². The molecule has 0 aliphatic carbocycles. The summed E-state index contributed by atoms with van der Waals surface area (Å²) in [5, 5.41) is 11.2. The molecule has 0 spiro atoms. The van der Waals surface area contributed by atoms with Crippen molar-refractivity contribution in [2.75, 3.05) is 13.2 Å². The Bertz CT molecular complexity index is 668. The van der Waals surface area contributed by atoms with Gasteiger partial charge in [0.15, 0.2) is 6.29 Å². The Hall–Kier alpha value is -2.73. The maximum Gasteiger partial charge on any atom is 0.251 e. The smallest absolute Gasteiger partial charge is 0.251 e. The minimum Gasteiger partial charge on any atom is -0.439 e. The summed E-state index contributed by atoms with van der Waals surface area (Å²) in [7, 11) is 0. The van der Waals surface area contributed by atoms with Gasteiger partial charge in [-0.2, -0.15) is 0 Å². The van der Waals surface area contributed by atoms with E-state index < -0.39 is 0 Å². The number of aromatic nitrogens is 1. The summed E-state index contributed by atoms with van der Waals surface area (Å²) in [5.74, 6) is 0.648. The van der Waals surface area contributed by atoms with E-state index in [2.05, 4.69) is 10.3 Å². The Morgan fingerprint density at radius 3 is 2.59 bits per heavy atom. The third-order valence-electron chi connectivity index (χ3n) is 2.96. The van der Waals surface area contributed by atoms with Gasteiger partial charge >= 0.3 is 0 Å². The molecule has 0 radical (unpaired) electrons. The fraction of sp³-hybridized carbons (Fsp3) is 0.188. The summed E-state index contributed by atoms with van der Waals surface area (Å²) < 4.78 is 5.58. The van der Waals surface area contributed by atoms with Crippen molar-refractivity contribution in [1.29, 1.82) is 0 Å². The van der Waals surface area contributed by atoms with Crippen LogP contribution in [0.4, 0.5) is 0 Å². The Kier molecular flexibility index (Phi) is 5.21. The second kappa shape index (κ2) is 7.33. The maximum absolute atomic E-state index is 11.7. The van der Waals surface area contributed by atoms with Crippen LogP contribution in [-0.2, 0) is 0 Å². The summed E-state index contributed by atoms with van der Waals surface area (Å²) in [6.07, 6.45) is 0.742. The molecule has 0 saturated carbocycles. The monoisotopic (exact) mass is 300 g/mol. The lowest BCUT2D eigenvalue weighted by Crippen LogP contribution is -2.26. The van der Waals surface area contributed by atoms with Gasteiger partial charge in [0, 0.05) is 23.7 Å². The third kappa shape index (κ3) is 3.89. The third-order valence-corrected chi connectivity index (χ3v) is 2.96. The highest BCUT2D eigenvalue weighted by molar-refractivity contribution is 5.94. The number of nitrogens with zero attached hydrogens (tertiary/aromatic N) is 1. The molecule has 2 aromatic rings. The molecule has 0 unspecified atom stereocenters. The molecular weight excluding hydrogens is 284 g/mol. The van der Waals surface area contributed by atoms with Crippen molar-refractivity contribution in [1.82, 2.24) is 10.3 Å². The first-order chi connectivity index (χ1) is 10.6. The van der Waals surface area contributed by atoms with Gasteiger partial charge in [-0.05, 0) is 37.3 Å². The number of aliphatic hydroxyl groups is 1. The van der Waals surface area contributed by atoms with E-state index >= 15 is 0 Å². The quantitative estimate of drug-likeness (QED) is 0.793. The van der Waals surface area contributed by atoms with E-state index in [4.69, 9.17) is 9.84 Å². The van der Waals surface area contributed by atoms with E-state index in [-0.39, 0.29) is 19.1 Å². The predicted molar refractivity (Wildman–Crippen MR) is 80.3 cm³/mol. The first-order valence-electron chi connectivity index (χ1n) is 6.74. The number of hydrogen-bond donors (Lipinski definition) is 2. The van der Waals surface area contributed by atoms with Crippen molar-refractivity contribution >= 4 is 12.2 Å². The Balaban J connectivity index is 2.06. The average Bonchev–Trinajstić information content (AvgIpc) is 2.53. The Morgan fingerprint density at radius 2 is 2.00 bits per heavy atom. The highest BCUT2D eigenvalue weighted by atomic mass is 16.5. The van der Waals surface area contributed by atoms with Crippen LogP contribution in [0.1, 0.15) is 26.4 Å². The first-order valence-corrected chi connectivity index (χ1v) is 6.74. The number of aryl methyl sites for hydroxylation is 1. The maximum atomic E-state index is 11.7. The predicted octanol–water partition coefficient (Wildman–Crippen LogP) is 1.72. The standard InChI is InChI=1S/C16H16N2O4/c1-11-13(10-20)4-7-15(18-11)22-14-5-2-12(3-6-14)16(21)17-8-9-19/h2-7,10,19H,8-9H2,1H3,(H,17,21). The lowest BCUT2D eigenvalue weighted by molar-refractivity contribution is 0.0944. The van der Waals surface area contributed by atoms with Gasteiger partial charge in [0.05, 0.1) is 12.3 Å². The summed E-state index contributed by atoms with van der Waals surface area (Å²) in [4.78, 5) is 26.6. The van der Waals surface area contributed by atoms with Crippen LogP contribution in [-0.4, -0.2) is 35.4 Å². The van der Waals surface area contributed by atoms with Crippen LogP contribution in [0.2, 0.25) is 0 Å². The number of rotatable bonds is 6. The minimum atomic E-state index is -0.259. The van der Waals surface area contributed by atoms with Gasteiger partial charge in [-0.25, -0.2) is 4.98 Å². The molecule has 0 fully saturated rings. The van der Waals surface area contributed by atoms with Crippen molar-refractivity contribution in [3.05, 3.63) is 53.2 Å². The number of aliphatic hydroxyl groups excluding tert-OH is 1. The van der Waals surface area contributed by atoms with E-state index in [0.29, 0.717) is 28.5 Å². The SMILES string of the molecule is Cc1nc(Oc2ccc(C(=O)NCCO)cc2)ccc1C=O. The number of carbonyl (C=O) groups excluding carboxylic acids is 2. The molecule has 1 aromatic heterocycles. The molecule has 1 amide bonds. The van der Waals surface area contributed by atoms with Crippen LogP contribution in [0.25, 0.3) is 0 Å². The molecule has 0 saturated heterocycles. The minimum absolute atomic E-state index is 0.102. The van der Waals surface area contributed by atoms with Crippen molar-refractivity contribution in [3.8, 4) is 11.6 Å². The molecule has 0 aliphatic heterocycles. The van der Waals surface area contributed by atoms with E-state index in [1.165, 1.54) is 0 Å². The van der Waals surface area contributed by atoms with Gasteiger partial charge in [0.25, 0.3) is 5.91 Å². The van der Waals surface area contributed by atoms with Gasteiger partial charge in [-0.3, -0.25) is 9.59 Å². The van der Waals surface area contributed by atoms with Crippen LogP contribution in [0.3, 0.4) is 0 Å². The van der Waals surface area contributed by atoms with Gasteiger partial charge in [-0.1, -0.05) is 0 Å². The highest BCUT2D eigenvalue weighted by Gasteiger charge is 2.06. The lowest BCUT2D eigenvalue weighted by atomic mass is 10.2. The summed E-state index contributed by atoms with van der Waals surface area (Å²) in [5.41, 5.74) is 1.58. The average molecular weight is 300 g/mol. The van der Waals surface area contributed by atoms with Crippen molar-refractivity contribution in [2.45, 2.75) is 6.92 Å². The van der Waals surface area contributed by atoms with Gasteiger partial charge in [0.2, 0.25) is 5.88 Å². The molecular formula is C16H16N2O4. The molecule has 0 bridgehead atoms. The zero-order valence-corrected chi connectivity index (χ0v) is 12.1. The second-order valence-electron chi connectivity index (χ2n) is 4.55. The van der Waals surface area contributed by atoms with Crippen molar-refractivity contribution in [3.63, 3.8) is 0 Å². The number of nitrogens with one attached hydrogen (secondary N) is 1. The van der Waals surface area contributed by atoms with Gasteiger partial charge < -0.3 is 15.2 Å². The molecule has 0 atom stereocenters. The number of amides is 1. The molecule has 2 N–H and O–H groups in total. The van der Waals surface area contributed by atoms with Crippen molar-refractivity contribution in [2.24, 2.45) is 0 Å². The van der Waals surface area contributed by atoms with E-state index in [9.17, 15) is 9.59 Å². The zero-order valence-electron chi connectivity index (χ0n) is 12.1. The van der Waals surface area contributed by atoms with Crippen LogP contribution in [0.5, 0.6) is 11.6 Å². The van der Waals surface area contributed by atoms with E-state index in [0.717, 1.165) is 6.29 Å². The molecule has 6 heteroatoms. The molecule has 1 aromatic carbocycles. The summed E-state index contributed by atoms with van der Waals surface area (Å²) in [6, 6.07) is 9.79. The topological polar surface area (TPSA) is 88.5 Å². The Labute approximate surface area is 127 Å². The number of benzene rings is 1. The number of pyridine rings is 1. The van der Waals surface area contributed by atoms with E-state index in [1.54, 1.807) is 43.3 Å². The largest absolute Gasteiger partial charge is 0.439 e. The molecule has 0 aliphatic rings. The second-order valence-corrected chi connectivity index (χ2v) is 4.55. The summed E-state index contributed by atoms with van der Waals surface area (Å²) >= 11 is 0. The van der Waals surface area contributed by atoms with Crippen LogP contribution in [0.15, 0.2) is 36.4 Å². The molecule has 6 nitrogen and oxygen atoms in total. The molecule has 22 heavy (non-hydrogen) atoms. The van der Waals surface area contributed by atoms with Crippen molar-refractivity contribution < 1.29 is 19.4 Å². The van der Waals surface area contributed by atoms with E-state index in [1.807, 2.05) is 0 Å². The fourth-order valence-electron chi connectivity index (χ4n) is 1.80. The molecule has 114 valence electrons. The van der Waals surface area contributed by atoms with Crippen LogP contribution >= 0.6 is 0 Å². The fourth-order valence-corrected chi connectivity index (χ4v) is 1.80. The number of aldehydes is 1. The molecule has 2 rings (SSSR count). The van der Waals surface area contributed by atoms with Gasteiger partial charge in [-0.15, -0.1) is 0 Å². The normalized spacial score (nSPS) is 10.1. The summed E-state index contributed by atoms with van der Waals surface area (Å²) in [6.45, 7) is 1.84. The van der Waals surface area contributed by atoms with Gasteiger partial charge in [0.1, 0.15) is 5.75 Å². The molecule has 1 heterocycles. The first kappa shape index (κ1) is 15.7. The Morgan fingerprint density at radius 1 is 1.27 bits per heavy atom.